The summed E-state index contributed by atoms with van der Waals surface area (Å²) >= 11 is 0. The maximum absolute atomic E-state index is 12.4. The number of rotatable bonds is 7. The van der Waals surface area contributed by atoms with E-state index >= 15 is 0 Å². The minimum atomic E-state index is -3.77. The minimum Gasteiger partial charge on any atom is -0.326 e. The van der Waals surface area contributed by atoms with Crippen molar-refractivity contribution in [3.63, 3.8) is 0 Å². The first-order chi connectivity index (χ1) is 13.3. The molecule has 1 amide bonds. The summed E-state index contributed by atoms with van der Waals surface area (Å²) in [5, 5.41) is 10.8. The van der Waals surface area contributed by atoms with Crippen molar-refractivity contribution in [2.24, 2.45) is 0 Å². The molecule has 1 aromatic carbocycles. The molecule has 146 valence electrons. The number of hydrogen-bond acceptors (Lipinski definition) is 6. The fraction of sp³-hybridized carbons (Fsp3) is 0.176. The maximum Gasteiger partial charge on any atom is 0.266 e. The number of carbonyl (C=O) groups is 1. The highest BCUT2D eigenvalue weighted by Gasteiger charge is 2.14. The van der Waals surface area contributed by atoms with Gasteiger partial charge in [-0.3, -0.25) is 9.59 Å². The van der Waals surface area contributed by atoms with Crippen LogP contribution in [0.2, 0.25) is 0 Å². The Morgan fingerprint density at radius 1 is 1.14 bits per heavy atom. The Hall–Kier alpha value is -3.31. The van der Waals surface area contributed by atoms with Crippen molar-refractivity contribution >= 4 is 21.6 Å². The molecular formula is C17H18N6O4S. The molecule has 0 bridgehead atoms. The van der Waals surface area contributed by atoms with Gasteiger partial charge in [0.1, 0.15) is 0 Å². The first-order valence-electron chi connectivity index (χ1n) is 8.31. The van der Waals surface area contributed by atoms with Gasteiger partial charge in [0.2, 0.25) is 15.9 Å². The lowest BCUT2D eigenvalue weighted by Gasteiger charge is -2.10. The molecule has 11 heteroatoms. The van der Waals surface area contributed by atoms with Gasteiger partial charge in [-0.05, 0) is 36.4 Å². The number of aromatic nitrogens is 4. The summed E-state index contributed by atoms with van der Waals surface area (Å²) in [4.78, 5) is 23.0. The van der Waals surface area contributed by atoms with Crippen LogP contribution in [0.3, 0.4) is 0 Å². The van der Waals surface area contributed by atoms with Gasteiger partial charge in [-0.1, -0.05) is 0 Å². The zero-order valence-electron chi connectivity index (χ0n) is 14.9. The average molecular weight is 402 g/mol. The molecule has 3 aromatic rings. The molecule has 0 unspecified atom stereocenters. The van der Waals surface area contributed by atoms with Gasteiger partial charge in [0, 0.05) is 37.6 Å². The summed E-state index contributed by atoms with van der Waals surface area (Å²) in [6.07, 6.45) is 3.27. The van der Waals surface area contributed by atoms with Crippen LogP contribution >= 0.6 is 0 Å². The quantitative estimate of drug-likeness (QED) is 0.587. The lowest BCUT2D eigenvalue weighted by molar-refractivity contribution is -0.114. The monoisotopic (exact) mass is 402 g/mol. The van der Waals surface area contributed by atoms with E-state index in [1.807, 2.05) is 0 Å². The van der Waals surface area contributed by atoms with Gasteiger partial charge in [-0.15, -0.1) is 5.10 Å². The van der Waals surface area contributed by atoms with Crippen LogP contribution < -0.4 is 15.6 Å². The standard InChI is InChI=1S/C17H18N6O4S/c1-13(24)20-14-3-5-15(6-4-14)28(26,27)19-10-12-23-17(25)8-7-16(21-23)22-11-2-9-18-22/h2-9,11,19H,10,12H2,1H3,(H,20,24). The first-order valence-corrected chi connectivity index (χ1v) is 9.79. The van der Waals surface area contributed by atoms with Gasteiger partial charge >= 0.3 is 0 Å². The molecule has 0 fully saturated rings. The van der Waals surface area contributed by atoms with Gasteiger partial charge < -0.3 is 5.32 Å². The lowest BCUT2D eigenvalue weighted by atomic mass is 10.3. The molecule has 0 spiro atoms. The predicted molar refractivity (Wildman–Crippen MR) is 102 cm³/mol. The highest BCUT2D eigenvalue weighted by Crippen LogP contribution is 2.13. The predicted octanol–water partition coefficient (Wildman–Crippen LogP) is 0.366. The van der Waals surface area contributed by atoms with Crippen LogP contribution in [0.25, 0.3) is 5.82 Å². The number of benzene rings is 1. The lowest BCUT2D eigenvalue weighted by Crippen LogP contribution is -2.32. The van der Waals surface area contributed by atoms with Gasteiger partial charge in [0.05, 0.1) is 11.4 Å². The summed E-state index contributed by atoms with van der Waals surface area (Å²) in [6, 6.07) is 10.4. The van der Waals surface area contributed by atoms with E-state index in [9.17, 15) is 18.0 Å². The van der Waals surface area contributed by atoms with Crippen molar-refractivity contribution in [1.82, 2.24) is 24.3 Å². The third kappa shape index (κ3) is 4.69. The van der Waals surface area contributed by atoms with Crippen molar-refractivity contribution in [1.29, 1.82) is 0 Å². The van der Waals surface area contributed by atoms with E-state index in [1.54, 1.807) is 18.5 Å². The smallest absolute Gasteiger partial charge is 0.266 e. The highest BCUT2D eigenvalue weighted by molar-refractivity contribution is 7.89. The minimum absolute atomic E-state index is 0.0226. The first kappa shape index (κ1) is 19.5. The number of sulfonamides is 1. The maximum atomic E-state index is 12.4. The van der Waals surface area contributed by atoms with Crippen LogP contribution in [0.1, 0.15) is 6.92 Å². The number of amides is 1. The Balaban J connectivity index is 1.66. The zero-order valence-corrected chi connectivity index (χ0v) is 15.8. The van der Waals surface area contributed by atoms with Crippen LogP contribution in [0.5, 0.6) is 0 Å². The third-order valence-electron chi connectivity index (χ3n) is 3.69. The Labute approximate surface area is 160 Å². The van der Waals surface area contributed by atoms with Gasteiger partial charge in [0.15, 0.2) is 5.82 Å². The van der Waals surface area contributed by atoms with E-state index in [-0.39, 0.29) is 29.5 Å². The summed E-state index contributed by atoms with van der Waals surface area (Å²) in [5.41, 5.74) is 0.146. The van der Waals surface area contributed by atoms with Crippen molar-refractivity contribution < 1.29 is 13.2 Å². The molecule has 0 saturated carbocycles. The van der Waals surface area contributed by atoms with Crippen molar-refractivity contribution in [2.45, 2.75) is 18.4 Å². The molecule has 0 aliphatic rings. The van der Waals surface area contributed by atoms with Gasteiger partial charge in [-0.25, -0.2) is 22.5 Å². The fourth-order valence-corrected chi connectivity index (χ4v) is 3.44. The van der Waals surface area contributed by atoms with Crippen LogP contribution in [0, 0.1) is 0 Å². The normalized spacial score (nSPS) is 11.3. The van der Waals surface area contributed by atoms with Crippen LogP contribution in [-0.2, 0) is 21.4 Å². The number of nitrogens with zero attached hydrogens (tertiary/aromatic N) is 4. The second-order valence-corrected chi connectivity index (χ2v) is 7.57. The van der Waals surface area contributed by atoms with Crippen molar-refractivity contribution in [3.8, 4) is 5.82 Å². The fourth-order valence-electron chi connectivity index (χ4n) is 2.41. The van der Waals surface area contributed by atoms with E-state index in [1.165, 1.54) is 52.7 Å². The number of nitrogens with one attached hydrogen (secondary N) is 2. The van der Waals surface area contributed by atoms with E-state index < -0.39 is 10.0 Å². The Morgan fingerprint density at radius 2 is 1.89 bits per heavy atom. The number of anilines is 1. The molecular weight excluding hydrogens is 384 g/mol. The molecule has 2 N–H and O–H groups in total. The van der Waals surface area contributed by atoms with Crippen molar-refractivity contribution in [2.75, 3.05) is 11.9 Å². The number of hydrogen-bond donors (Lipinski definition) is 2. The van der Waals surface area contributed by atoms with Gasteiger partial charge in [0.25, 0.3) is 5.56 Å². The Morgan fingerprint density at radius 3 is 2.54 bits per heavy atom. The molecule has 2 heterocycles. The van der Waals surface area contributed by atoms with Crippen LogP contribution in [-0.4, -0.2) is 40.4 Å². The SMILES string of the molecule is CC(=O)Nc1ccc(S(=O)(=O)NCCn2nc(-n3cccn3)ccc2=O)cc1. The Bertz CT molecular complexity index is 1120. The summed E-state index contributed by atoms with van der Waals surface area (Å²) in [6.45, 7) is 1.39. The largest absolute Gasteiger partial charge is 0.326 e. The molecule has 0 saturated heterocycles. The second-order valence-electron chi connectivity index (χ2n) is 5.81. The molecule has 3 rings (SSSR count). The zero-order chi connectivity index (χ0) is 20.1. The molecule has 10 nitrogen and oxygen atoms in total. The molecule has 0 atom stereocenters. The van der Waals surface area contributed by atoms with E-state index in [0.717, 1.165) is 0 Å². The molecule has 0 aliphatic carbocycles. The van der Waals surface area contributed by atoms with E-state index in [4.69, 9.17) is 0 Å². The molecule has 2 aromatic heterocycles. The summed E-state index contributed by atoms with van der Waals surface area (Å²) in [7, 11) is -3.77. The Kier molecular flexibility index (Phi) is 5.66. The van der Waals surface area contributed by atoms with E-state index in [2.05, 4.69) is 20.2 Å². The third-order valence-corrected chi connectivity index (χ3v) is 5.17. The topological polar surface area (TPSA) is 128 Å². The molecule has 0 radical (unpaired) electrons. The van der Waals surface area contributed by atoms with Crippen molar-refractivity contribution in [3.05, 3.63) is 65.2 Å². The van der Waals surface area contributed by atoms with E-state index in [0.29, 0.717) is 11.5 Å². The summed E-state index contributed by atoms with van der Waals surface area (Å²) in [5.74, 6) is 0.199. The van der Waals surface area contributed by atoms with Crippen LogP contribution in [0.4, 0.5) is 5.69 Å². The summed E-state index contributed by atoms with van der Waals surface area (Å²) < 4.78 is 29.8. The molecule has 0 aliphatic heterocycles. The van der Waals surface area contributed by atoms with Gasteiger partial charge in [-0.2, -0.15) is 5.10 Å². The number of carbonyl (C=O) groups excluding carboxylic acids is 1. The highest BCUT2D eigenvalue weighted by atomic mass is 32.2. The molecule has 28 heavy (non-hydrogen) atoms. The average Bonchev–Trinajstić information content (AvgIpc) is 3.18. The second kappa shape index (κ2) is 8.15. The van der Waals surface area contributed by atoms with Crippen LogP contribution in [0.15, 0.2) is 64.5 Å².